The minimum absolute atomic E-state index is 0.294. The number of aromatic nitrogens is 2. The Labute approximate surface area is 269 Å². The monoisotopic (exact) mass is 637 g/mol. The number of benzene rings is 3. The number of alkyl halides is 3. The number of amides is 1. The molecule has 2 N–H and O–H groups in total. The second-order valence-corrected chi connectivity index (χ2v) is 12.7. The molecule has 0 aliphatic heterocycles. The standard InChI is InChI=1S/C37H46F3N3O3/c1-4-5-6-7-8-9-10-11-12-17-33-42-34(46-43-33)32-23-20-27(30-15-13-14-16-31(30)32)25-29(36(2,3)45-35(41)44)24-26-18-21-28(22-19-26)37(38,39)40/h13-16,18-23,29H,4-12,17,24-25H2,1-3H3,(H2,41,44). The van der Waals surface area contributed by atoms with Crippen LogP contribution in [0.4, 0.5) is 18.0 Å². The lowest BCUT2D eigenvalue weighted by Crippen LogP contribution is -2.40. The molecular weight excluding hydrogens is 591 g/mol. The topological polar surface area (TPSA) is 91.2 Å². The van der Waals surface area contributed by atoms with E-state index in [-0.39, 0.29) is 5.92 Å². The Hall–Kier alpha value is -3.88. The van der Waals surface area contributed by atoms with Crippen molar-refractivity contribution >= 4 is 16.9 Å². The van der Waals surface area contributed by atoms with Crippen molar-refractivity contribution in [3.8, 4) is 11.5 Å². The molecule has 0 bridgehead atoms. The normalized spacial score (nSPS) is 12.8. The quantitative estimate of drug-likeness (QED) is 0.116. The van der Waals surface area contributed by atoms with Gasteiger partial charge in [-0.05, 0) is 73.2 Å². The summed E-state index contributed by atoms with van der Waals surface area (Å²) in [5.41, 5.74) is 6.23. The van der Waals surface area contributed by atoms with Gasteiger partial charge < -0.3 is 15.0 Å². The maximum absolute atomic E-state index is 13.2. The molecule has 0 aliphatic carbocycles. The number of nitrogens with zero attached hydrogens (tertiary/aromatic N) is 2. The third-order valence-electron chi connectivity index (χ3n) is 8.79. The molecule has 1 aromatic heterocycles. The van der Waals surface area contributed by atoms with Gasteiger partial charge in [-0.15, -0.1) is 0 Å². The Morgan fingerprint density at radius 2 is 1.48 bits per heavy atom. The lowest BCUT2D eigenvalue weighted by molar-refractivity contribution is -0.137. The number of halogens is 3. The minimum atomic E-state index is -4.42. The Balaban J connectivity index is 1.49. The summed E-state index contributed by atoms with van der Waals surface area (Å²) in [6, 6.07) is 17.0. The van der Waals surface area contributed by atoms with Gasteiger partial charge >= 0.3 is 12.3 Å². The molecule has 6 nitrogen and oxygen atoms in total. The number of primary amides is 1. The van der Waals surface area contributed by atoms with Crippen LogP contribution < -0.4 is 5.73 Å². The summed E-state index contributed by atoms with van der Waals surface area (Å²) in [6.45, 7) is 5.79. The van der Waals surface area contributed by atoms with Crippen molar-refractivity contribution in [2.24, 2.45) is 11.7 Å². The van der Waals surface area contributed by atoms with Crippen LogP contribution in [0.25, 0.3) is 22.2 Å². The van der Waals surface area contributed by atoms with Crippen LogP contribution in [0.1, 0.15) is 101 Å². The van der Waals surface area contributed by atoms with Gasteiger partial charge in [0.25, 0.3) is 5.89 Å². The van der Waals surface area contributed by atoms with Gasteiger partial charge in [-0.3, -0.25) is 0 Å². The smallest absolute Gasteiger partial charge is 0.416 e. The van der Waals surface area contributed by atoms with Crippen molar-refractivity contribution in [3.05, 3.63) is 83.2 Å². The molecule has 1 heterocycles. The van der Waals surface area contributed by atoms with Gasteiger partial charge in [0.05, 0.1) is 5.56 Å². The van der Waals surface area contributed by atoms with Crippen molar-refractivity contribution in [2.75, 3.05) is 0 Å². The van der Waals surface area contributed by atoms with E-state index in [4.69, 9.17) is 20.0 Å². The van der Waals surface area contributed by atoms with Crippen molar-refractivity contribution in [1.82, 2.24) is 10.1 Å². The molecule has 248 valence electrons. The highest BCUT2D eigenvalue weighted by Gasteiger charge is 2.34. The fraction of sp³-hybridized carbons (Fsp3) is 0.486. The van der Waals surface area contributed by atoms with Crippen LogP contribution in [0.15, 0.2) is 65.2 Å². The molecule has 0 radical (unpaired) electrons. The van der Waals surface area contributed by atoms with Gasteiger partial charge in [-0.1, -0.05) is 106 Å². The molecule has 3 aromatic carbocycles. The zero-order valence-corrected chi connectivity index (χ0v) is 27.2. The molecule has 0 aliphatic rings. The molecule has 0 fully saturated rings. The Morgan fingerprint density at radius 3 is 2.11 bits per heavy atom. The van der Waals surface area contributed by atoms with Crippen molar-refractivity contribution in [1.29, 1.82) is 0 Å². The number of aryl methyl sites for hydroxylation is 1. The minimum Gasteiger partial charge on any atom is -0.443 e. The molecule has 1 atom stereocenters. The van der Waals surface area contributed by atoms with Gasteiger partial charge in [0.15, 0.2) is 5.82 Å². The second kappa shape index (κ2) is 16.1. The van der Waals surface area contributed by atoms with Crippen molar-refractivity contribution in [3.63, 3.8) is 0 Å². The summed E-state index contributed by atoms with van der Waals surface area (Å²) >= 11 is 0. The fourth-order valence-electron chi connectivity index (χ4n) is 6.07. The van der Waals surface area contributed by atoms with Crippen LogP contribution in [0.5, 0.6) is 0 Å². The molecule has 9 heteroatoms. The summed E-state index contributed by atoms with van der Waals surface area (Å²) in [4.78, 5) is 16.5. The molecule has 46 heavy (non-hydrogen) atoms. The number of nitrogens with two attached hydrogens (primary N) is 1. The number of ether oxygens (including phenoxy) is 1. The average Bonchev–Trinajstić information content (AvgIpc) is 3.48. The zero-order valence-electron chi connectivity index (χ0n) is 27.2. The first-order valence-electron chi connectivity index (χ1n) is 16.5. The molecule has 0 saturated heterocycles. The number of hydrogen-bond acceptors (Lipinski definition) is 5. The van der Waals surface area contributed by atoms with Gasteiger partial charge in [-0.2, -0.15) is 18.2 Å². The summed E-state index contributed by atoms with van der Waals surface area (Å²) in [7, 11) is 0. The maximum atomic E-state index is 13.2. The third-order valence-corrected chi connectivity index (χ3v) is 8.79. The summed E-state index contributed by atoms with van der Waals surface area (Å²) in [6.07, 6.45) is 7.55. The maximum Gasteiger partial charge on any atom is 0.416 e. The first-order chi connectivity index (χ1) is 22.0. The lowest BCUT2D eigenvalue weighted by atomic mass is 9.79. The van der Waals surface area contributed by atoms with E-state index in [9.17, 15) is 18.0 Å². The van der Waals surface area contributed by atoms with Crippen LogP contribution >= 0.6 is 0 Å². The van der Waals surface area contributed by atoms with Gasteiger partial charge in [0.1, 0.15) is 5.60 Å². The molecular formula is C37H46F3N3O3. The molecule has 4 rings (SSSR count). The number of unbranched alkanes of at least 4 members (excludes halogenated alkanes) is 8. The van der Waals surface area contributed by atoms with E-state index in [1.165, 1.54) is 57.1 Å². The van der Waals surface area contributed by atoms with Crippen molar-refractivity contribution in [2.45, 2.75) is 110 Å². The second-order valence-electron chi connectivity index (χ2n) is 12.7. The number of rotatable bonds is 17. The predicted octanol–water partition coefficient (Wildman–Crippen LogP) is 10.3. The highest BCUT2D eigenvalue weighted by molar-refractivity contribution is 5.96. The van der Waals surface area contributed by atoms with Crippen LogP contribution in [-0.2, 0) is 30.2 Å². The van der Waals surface area contributed by atoms with Crippen LogP contribution in [0, 0.1) is 5.92 Å². The predicted molar refractivity (Wildman–Crippen MR) is 175 cm³/mol. The lowest BCUT2D eigenvalue weighted by Gasteiger charge is -2.34. The van der Waals surface area contributed by atoms with E-state index in [0.717, 1.165) is 53.3 Å². The van der Waals surface area contributed by atoms with E-state index >= 15 is 0 Å². The van der Waals surface area contributed by atoms with E-state index in [1.807, 2.05) is 36.4 Å². The van der Waals surface area contributed by atoms with E-state index in [2.05, 4.69) is 12.1 Å². The van der Waals surface area contributed by atoms with Gasteiger partial charge in [-0.25, -0.2) is 4.79 Å². The number of fused-ring (bicyclic) bond motifs is 1. The van der Waals surface area contributed by atoms with Crippen LogP contribution in [-0.4, -0.2) is 21.8 Å². The summed E-state index contributed by atoms with van der Waals surface area (Å²) in [5.74, 6) is 0.873. The van der Waals surface area contributed by atoms with E-state index in [1.54, 1.807) is 13.8 Å². The first kappa shape index (κ1) is 35.0. The highest BCUT2D eigenvalue weighted by Crippen LogP contribution is 2.36. The number of carbonyl (C=O) groups excluding carboxylic acids is 1. The summed E-state index contributed by atoms with van der Waals surface area (Å²) in [5, 5.41) is 6.17. The third kappa shape index (κ3) is 9.81. The number of carbonyl (C=O) groups is 1. The fourth-order valence-corrected chi connectivity index (χ4v) is 6.07. The van der Waals surface area contributed by atoms with E-state index in [0.29, 0.717) is 30.1 Å². The van der Waals surface area contributed by atoms with Crippen molar-refractivity contribution < 1.29 is 27.2 Å². The zero-order chi connectivity index (χ0) is 33.2. The van der Waals surface area contributed by atoms with Gasteiger partial charge in [0, 0.05) is 17.9 Å². The highest BCUT2D eigenvalue weighted by atomic mass is 19.4. The molecule has 1 amide bonds. The average molecular weight is 638 g/mol. The molecule has 0 spiro atoms. The SMILES string of the molecule is CCCCCCCCCCCc1noc(-c2ccc(CC(Cc3ccc(C(F)(F)F)cc3)C(C)(C)OC(N)=O)c3ccccc23)n1. The molecule has 0 saturated carbocycles. The molecule has 1 unspecified atom stereocenters. The van der Waals surface area contributed by atoms with Crippen LogP contribution in [0.2, 0.25) is 0 Å². The van der Waals surface area contributed by atoms with Gasteiger partial charge in [0.2, 0.25) is 0 Å². The largest absolute Gasteiger partial charge is 0.443 e. The Kier molecular flexibility index (Phi) is 12.2. The first-order valence-corrected chi connectivity index (χ1v) is 16.5. The summed E-state index contributed by atoms with van der Waals surface area (Å²) < 4.78 is 50.7. The molecule has 4 aromatic rings. The Bertz CT molecular complexity index is 1550. The van der Waals surface area contributed by atoms with Crippen LogP contribution in [0.3, 0.4) is 0 Å². The number of hydrogen-bond donors (Lipinski definition) is 1. The van der Waals surface area contributed by atoms with E-state index < -0.39 is 23.4 Å². The Morgan fingerprint density at radius 1 is 0.848 bits per heavy atom.